The highest BCUT2D eigenvalue weighted by Crippen LogP contribution is 2.38. The van der Waals surface area contributed by atoms with Gasteiger partial charge in [-0.3, -0.25) is 24.0 Å². The van der Waals surface area contributed by atoms with Crippen LogP contribution < -0.4 is 32.7 Å². The predicted molar refractivity (Wildman–Crippen MR) is 192 cm³/mol. The van der Waals surface area contributed by atoms with Gasteiger partial charge in [-0.25, -0.2) is 0 Å². The van der Waals surface area contributed by atoms with Gasteiger partial charge in [-0.2, -0.15) is 0 Å². The summed E-state index contributed by atoms with van der Waals surface area (Å²) in [7, 11) is 0. The van der Waals surface area contributed by atoms with Gasteiger partial charge in [-0.15, -0.1) is 0 Å². The first-order valence-corrected chi connectivity index (χ1v) is 18.0. The van der Waals surface area contributed by atoms with Crippen LogP contribution in [-0.2, 0) is 36.8 Å². The minimum Gasteiger partial charge on any atom is -0.356 e. The summed E-state index contributed by atoms with van der Waals surface area (Å²) in [6, 6.07) is 15.1. The first-order chi connectivity index (χ1) is 24.0. The number of carbonyl (C=O) groups is 5. The van der Waals surface area contributed by atoms with Crippen molar-refractivity contribution < 1.29 is 24.0 Å². The second-order valence-electron chi connectivity index (χ2n) is 14.2. The third-order valence-electron chi connectivity index (χ3n) is 9.86. The lowest BCUT2D eigenvalue weighted by Gasteiger charge is -2.39. The zero-order valence-electron chi connectivity index (χ0n) is 29.5. The molecule has 0 unspecified atom stereocenters. The minimum absolute atomic E-state index is 0.0368. The van der Waals surface area contributed by atoms with Gasteiger partial charge in [-0.1, -0.05) is 74.5 Å². The first-order valence-electron chi connectivity index (χ1n) is 18.0. The molecule has 8 N–H and O–H groups in total. The molecule has 0 aromatic heterocycles. The Morgan fingerprint density at radius 1 is 0.780 bits per heavy atom. The Morgan fingerprint density at radius 2 is 1.34 bits per heavy atom. The summed E-state index contributed by atoms with van der Waals surface area (Å²) in [4.78, 5) is 69.2. The summed E-state index contributed by atoms with van der Waals surface area (Å²) in [6.45, 7) is 5.90. The number of unbranched alkanes of at least 4 members (excludes halogenated alkanes) is 1. The molecular weight excluding hydrogens is 634 g/mol. The molecule has 1 spiro atoms. The van der Waals surface area contributed by atoms with Crippen molar-refractivity contribution in [1.29, 1.82) is 0 Å². The van der Waals surface area contributed by atoms with E-state index in [2.05, 4.69) is 21.3 Å². The van der Waals surface area contributed by atoms with Crippen LogP contribution in [0.15, 0.2) is 60.7 Å². The molecule has 4 rings (SSSR count). The molecule has 2 aromatic carbocycles. The van der Waals surface area contributed by atoms with E-state index in [1.165, 1.54) is 0 Å². The van der Waals surface area contributed by atoms with Gasteiger partial charge in [0.15, 0.2) is 0 Å². The Hall–Kier alpha value is -4.29. The quantitative estimate of drug-likeness (QED) is 0.136. The Morgan fingerprint density at radius 3 is 1.90 bits per heavy atom. The van der Waals surface area contributed by atoms with Crippen LogP contribution in [0.1, 0.15) is 69.9 Å². The van der Waals surface area contributed by atoms with Crippen molar-refractivity contribution in [2.24, 2.45) is 22.8 Å². The second-order valence-corrected chi connectivity index (χ2v) is 14.2. The van der Waals surface area contributed by atoms with Gasteiger partial charge in [0.05, 0.1) is 11.5 Å². The first kappa shape index (κ1) is 38.5. The molecule has 12 heteroatoms. The molecule has 0 radical (unpaired) electrons. The van der Waals surface area contributed by atoms with E-state index in [1.807, 2.05) is 74.5 Å². The molecule has 0 saturated carbocycles. The zero-order valence-corrected chi connectivity index (χ0v) is 29.5. The van der Waals surface area contributed by atoms with Crippen molar-refractivity contribution in [1.82, 2.24) is 26.2 Å². The molecule has 0 bridgehead atoms. The molecule has 272 valence electrons. The van der Waals surface area contributed by atoms with Crippen LogP contribution in [0.3, 0.4) is 0 Å². The molecule has 12 nitrogen and oxygen atoms in total. The highest BCUT2D eigenvalue weighted by molar-refractivity contribution is 5.95. The maximum Gasteiger partial charge on any atom is 0.245 e. The average Bonchev–Trinajstić information content (AvgIpc) is 3.46. The molecule has 2 aromatic rings. The fraction of sp³-hybridized carbons (Fsp3) is 0.553. The average molecular weight is 690 g/mol. The third kappa shape index (κ3) is 10.9. The highest BCUT2D eigenvalue weighted by atomic mass is 16.2. The summed E-state index contributed by atoms with van der Waals surface area (Å²) < 4.78 is 0. The lowest BCUT2D eigenvalue weighted by Crippen LogP contribution is -2.59. The van der Waals surface area contributed by atoms with E-state index >= 15 is 0 Å². The van der Waals surface area contributed by atoms with E-state index in [9.17, 15) is 24.0 Å². The number of amides is 5. The standard InChI is InChI=1S/C38H55N7O5/c1-26(2)23-31(34(47)42-30(15-9-10-19-39)36(49)45-21-17-38(18-22-45)16-20-41-37(38)50)44-35(48)32(25-28-13-7-4-8-14-28)43-33(46)29(40)24-27-11-5-3-6-12-27/h3-8,11-14,26,29-32H,9-10,15-25,39-40H2,1-2H3,(H,41,50)(H,42,47)(H,43,46)(H,44,48)/t29-,30-,31-,32-/m1/s1. The fourth-order valence-corrected chi connectivity index (χ4v) is 6.87. The van der Waals surface area contributed by atoms with Crippen molar-refractivity contribution in [2.45, 2.75) is 95.8 Å². The molecule has 50 heavy (non-hydrogen) atoms. The largest absolute Gasteiger partial charge is 0.356 e. The van der Waals surface area contributed by atoms with Gasteiger partial charge < -0.3 is 37.6 Å². The van der Waals surface area contributed by atoms with Gasteiger partial charge in [0.2, 0.25) is 29.5 Å². The summed E-state index contributed by atoms with van der Waals surface area (Å²) >= 11 is 0. The molecule has 4 atom stereocenters. The van der Waals surface area contributed by atoms with Crippen molar-refractivity contribution in [3.05, 3.63) is 71.8 Å². The van der Waals surface area contributed by atoms with Crippen LogP contribution in [-0.4, -0.2) is 84.8 Å². The van der Waals surface area contributed by atoms with E-state index in [-0.39, 0.29) is 24.2 Å². The second kappa shape index (κ2) is 18.6. The number of likely N-dealkylation sites (tertiary alicyclic amines) is 1. The summed E-state index contributed by atoms with van der Waals surface area (Å²) in [5.74, 6) is -1.55. The Balaban J connectivity index is 1.46. The van der Waals surface area contributed by atoms with Crippen LogP contribution >= 0.6 is 0 Å². The van der Waals surface area contributed by atoms with Gasteiger partial charge in [0, 0.05) is 26.1 Å². The van der Waals surface area contributed by atoms with Crippen LogP contribution in [0.4, 0.5) is 0 Å². The van der Waals surface area contributed by atoms with E-state index in [4.69, 9.17) is 11.5 Å². The Kier molecular flexibility index (Phi) is 14.4. The summed E-state index contributed by atoms with van der Waals surface area (Å²) in [5.41, 5.74) is 13.3. The van der Waals surface area contributed by atoms with E-state index < -0.39 is 47.3 Å². The van der Waals surface area contributed by atoms with Gasteiger partial charge in [0.25, 0.3) is 0 Å². The number of benzene rings is 2. The molecular formula is C38H55N7O5. The van der Waals surface area contributed by atoms with Gasteiger partial charge in [0.1, 0.15) is 18.1 Å². The molecule has 2 fully saturated rings. The summed E-state index contributed by atoms with van der Waals surface area (Å²) in [5, 5.41) is 11.6. The lowest BCUT2D eigenvalue weighted by atomic mass is 9.77. The van der Waals surface area contributed by atoms with Crippen molar-refractivity contribution in [3.63, 3.8) is 0 Å². The van der Waals surface area contributed by atoms with Crippen molar-refractivity contribution in [3.8, 4) is 0 Å². The molecule has 2 aliphatic rings. The van der Waals surface area contributed by atoms with Crippen molar-refractivity contribution in [2.75, 3.05) is 26.2 Å². The number of nitrogens with one attached hydrogen (secondary N) is 4. The normalized spacial score (nSPS) is 17.8. The molecule has 2 heterocycles. The molecule has 0 aliphatic carbocycles. The zero-order chi connectivity index (χ0) is 36.1. The number of nitrogens with zero attached hydrogens (tertiary/aromatic N) is 1. The van der Waals surface area contributed by atoms with E-state index in [0.717, 1.165) is 17.5 Å². The monoisotopic (exact) mass is 689 g/mol. The van der Waals surface area contributed by atoms with Crippen LogP contribution in [0.5, 0.6) is 0 Å². The molecule has 2 saturated heterocycles. The van der Waals surface area contributed by atoms with Crippen LogP contribution in [0.25, 0.3) is 0 Å². The van der Waals surface area contributed by atoms with Crippen molar-refractivity contribution >= 4 is 29.5 Å². The van der Waals surface area contributed by atoms with E-state index in [1.54, 1.807) is 4.90 Å². The number of rotatable bonds is 17. The molecule has 2 aliphatic heterocycles. The lowest BCUT2D eigenvalue weighted by molar-refractivity contribution is -0.142. The Labute approximate surface area is 295 Å². The van der Waals surface area contributed by atoms with Crippen LogP contribution in [0.2, 0.25) is 0 Å². The fourth-order valence-electron chi connectivity index (χ4n) is 6.87. The topological polar surface area (TPSA) is 189 Å². The van der Waals surface area contributed by atoms with Gasteiger partial charge in [-0.05, 0) is 75.0 Å². The predicted octanol–water partition coefficient (Wildman–Crippen LogP) is 1.56. The Bertz CT molecular complexity index is 1430. The van der Waals surface area contributed by atoms with Crippen LogP contribution in [0, 0.1) is 11.3 Å². The van der Waals surface area contributed by atoms with E-state index in [0.29, 0.717) is 71.1 Å². The SMILES string of the molecule is CC(C)C[C@@H](NC(=O)[C@@H](Cc1ccccc1)NC(=O)[C@H](N)Cc1ccccc1)C(=O)N[C@H](CCCCN)C(=O)N1CCC2(CCNC2=O)CC1. The minimum atomic E-state index is -0.996. The smallest absolute Gasteiger partial charge is 0.245 e. The summed E-state index contributed by atoms with van der Waals surface area (Å²) in [6.07, 6.45) is 4.50. The molecule has 5 amide bonds. The highest BCUT2D eigenvalue weighted by Gasteiger charge is 2.45. The number of piperidine rings is 1. The maximum atomic E-state index is 13.9. The number of carbonyl (C=O) groups excluding carboxylic acids is 5. The van der Waals surface area contributed by atoms with Gasteiger partial charge >= 0.3 is 0 Å². The maximum absolute atomic E-state index is 13.9. The number of hydrogen-bond donors (Lipinski definition) is 6. The number of hydrogen-bond acceptors (Lipinski definition) is 7. The number of nitrogens with two attached hydrogens (primary N) is 2. The third-order valence-corrected chi connectivity index (χ3v) is 9.86.